The average Bonchev–Trinajstić information content (AvgIpc) is 2.79. The molecule has 6 heteroatoms. The van der Waals surface area contributed by atoms with Gasteiger partial charge in [0.2, 0.25) is 0 Å². The number of carbonyl (C=O) groups is 2. The molecule has 0 heterocycles. The molecule has 6 nitrogen and oxygen atoms in total. The smallest absolute Gasteiger partial charge is 0.343 e. The van der Waals surface area contributed by atoms with E-state index in [1.165, 1.54) is 24.3 Å². The second kappa shape index (κ2) is 9.93. The molecule has 0 N–H and O–H groups in total. The molecule has 0 aliphatic rings. The minimum Gasteiger partial charge on any atom is -0.497 e. The van der Waals surface area contributed by atoms with Gasteiger partial charge in [-0.1, -0.05) is 12.7 Å². The van der Waals surface area contributed by atoms with Crippen LogP contribution in [0, 0.1) is 0 Å². The zero-order valence-corrected chi connectivity index (χ0v) is 16.4. The Bertz CT molecular complexity index is 1010. The van der Waals surface area contributed by atoms with Crippen LogP contribution in [0.4, 0.5) is 0 Å². The SMILES string of the molecule is C=CCOc1ccc(C(=O)Oc2ccc(C(=O)Oc3ccc(OC)cc3)cc2)cc1. The number of rotatable bonds is 8. The summed E-state index contributed by atoms with van der Waals surface area (Å²) >= 11 is 0. The molecule has 0 saturated carbocycles. The molecule has 0 aromatic heterocycles. The van der Waals surface area contributed by atoms with Gasteiger partial charge in [-0.15, -0.1) is 0 Å². The summed E-state index contributed by atoms with van der Waals surface area (Å²) in [7, 11) is 1.56. The monoisotopic (exact) mass is 404 g/mol. The Labute approximate surface area is 174 Å². The van der Waals surface area contributed by atoms with Crippen molar-refractivity contribution in [1.82, 2.24) is 0 Å². The first-order valence-electron chi connectivity index (χ1n) is 9.11. The van der Waals surface area contributed by atoms with Crippen LogP contribution in [0.3, 0.4) is 0 Å². The van der Waals surface area contributed by atoms with Crippen LogP contribution in [-0.2, 0) is 0 Å². The van der Waals surface area contributed by atoms with E-state index in [1.54, 1.807) is 61.7 Å². The van der Waals surface area contributed by atoms with Crippen molar-refractivity contribution < 1.29 is 28.5 Å². The summed E-state index contributed by atoms with van der Waals surface area (Å²) < 4.78 is 21.1. The highest BCUT2D eigenvalue weighted by Gasteiger charge is 2.12. The minimum atomic E-state index is -0.520. The Hall–Kier alpha value is -4.06. The summed E-state index contributed by atoms with van der Waals surface area (Å²) in [6, 6.07) is 19.4. The van der Waals surface area contributed by atoms with E-state index < -0.39 is 11.9 Å². The van der Waals surface area contributed by atoms with Gasteiger partial charge in [-0.2, -0.15) is 0 Å². The maximum Gasteiger partial charge on any atom is 0.343 e. The third kappa shape index (κ3) is 5.48. The molecule has 0 bridgehead atoms. The van der Waals surface area contributed by atoms with Crippen molar-refractivity contribution in [2.75, 3.05) is 13.7 Å². The van der Waals surface area contributed by atoms with Gasteiger partial charge >= 0.3 is 11.9 Å². The largest absolute Gasteiger partial charge is 0.497 e. The van der Waals surface area contributed by atoms with Gasteiger partial charge in [0, 0.05) is 0 Å². The van der Waals surface area contributed by atoms with Crippen LogP contribution in [0.5, 0.6) is 23.0 Å². The summed E-state index contributed by atoms with van der Waals surface area (Å²) in [5.74, 6) is 0.975. The number of benzene rings is 3. The Kier molecular flexibility index (Phi) is 6.84. The highest BCUT2D eigenvalue weighted by molar-refractivity contribution is 5.92. The van der Waals surface area contributed by atoms with Gasteiger partial charge < -0.3 is 18.9 Å². The van der Waals surface area contributed by atoms with Crippen molar-refractivity contribution in [3.05, 3.63) is 96.6 Å². The summed E-state index contributed by atoms with van der Waals surface area (Å²) in [5, 5.41) is 0. The molecule has 0 spiro atoms. The Balaban J connectivity index is 1.58. The lowest BCUT2D eigenvalue weighted by atomic mass is 10.2. The first kappa shape index (κ1) is 20.7. The molecule has 0 atom stereocenters. The van der Waals surface area contributed by atoms with Crippen LogP contribution in [0.25, 0.3) is 0 Å². The molecule has 0 saturated heterocycles. The van der Waals surface area contributed by atoms with Crippen molar-refractivity contribution in [1.29, 1.82) is 0 Å². The highest BCUT2D eigenvalue weighted by atomic mass is 16.5. The van der Waals surface area contributed by atoms with Crippen LogP contribution in [-0.4, -0.2) is 25.7 Å². The van der Waals surface area contributed by atoms with Gasteiger partial charge in [-0.25, -0.2) is 9.59 Å². The first-order chi connectivity index (χ1) is 14.6. The minimum absolute atomic E-state index is 0.313. The Morgan fingerprint density at radius 3 is 1.53 bits per heavy atom. The van der Waals surface area contributed by atoms with Crippen molar-refractivity contribution >= 4 is 11.9 Å². The fraction of sp³-hybridized carbons (Fsp3) is 0.0833. The molecule has 3 aromatic rings. The van der Waals surface area contributed by atoms with E-state index in [9.17, 15) is 9.59 Å². The van der Waals surface area contributed by atoms with Crippen molar-refractivity contribution in [3.8, 4) is 23.0 Å². The molecule has 0 unspecified atom stereocenters. The number of carbonyl (C=O) groups excluding carboxylic acids is 2. The van der Waals surface area contributed by atoms with Gasteiger partial charge in [-0.05, 0) is 72.8 Å². The maximum atomic E-state index is 12.3. The van der Waals surface area contributed by atoms with Crippen LogP contribution in [0.15, 0.2) is 85.5 Å². The number of ether oxygens (including phenoxy) is 4. The lowest BCUT2D eigenvalue weighted by molar-refractivity contribution is 0.0730. The third-order valence-corrected chi connectivity index (χ3v) is 4.03. The van der Waals surface area contributed by atoms with E-state index in [4.69, 9.17) is 18.9 Å². The number of hydrogen-bond donors (Lipinski definition) is 0. The summed E-state index contributed by atoms with van der Waals surface area (Å²) in [6.07, 6.45) is 1.64. The van der Waals surface area contributed by atoms with E-state index in [-0.39, 0.29) is 0 Å². The molecular weight excluding hydrogens is 384 g/mol. The Morgan fingerprint density at radius 1 is 0.700 bits per heavy atom. The zero-order valence-electron chi connectivity index (χ0n) is 16.4. The number of hydrogen-bond acceptors (Lipinski definition) is 6. The first-order valence-corrected chi connectivity index (χ1v) is 9.11. The molecule has 152 valence electrons. The number of esters is 2. The van der Waals surface area contributed by atoms with Gasteiger partial charge in [0.1, 0.15) is 29.6 Å². The quantitative estimate of drug-likeness (QED) is 0.308. The lowest BCUT2D eigenvalue weighted by Gasteiger charge is -2.08. The van der Waals surface area contributed by atoms with E-state index in [1.807, 2.05) is 0 Å². The molecule has 0 amide bonds. The predicted molar refractivity (Wildman–Crippen MR) is 111 cm³/mol. The molecule has 3 aromatic carbocycles. The normalized spacial score (nSPS) is 10.0. The molecule has 0 radical (unpaired) electrons. The van der Waals surface area contributed by atoms with Gasteiger partial charge in [-0.3, -0.25) is 0 Å². The molecule has 3 rings (SSSR count). The number of methoxy groups -OCH3 is 1. The molecule has 0 aliphatic carbocycles. The van der Waals surface area contributed by atoms with Crippen molar-refractivity contribution in [2.45, 2.75) is 0 Å². The topological polar surface area (TPSA) is 71.1 Å². The average molecular weight is 404 g/mol. The summed E-state index contributed by atoms with van der Waals surface area (Å²) in [4.78, 5) is 24.5. The summed E-state index contributed by atoms with van der Waals surface area (Å²) in [6.45, 7) is 3.97. The van der Waals surface area contributed by atoms with E-state index in [0.717, 1.165) is 0 Å². The van der Waals surface area contributed by atoms with Crippen LogP contribution in [0.1, 0.15) is 20.7 Å². The van der Waals surface area contributed by atoms with Crippen molar-refractivity contribution in [2.24, 2.45) is 0 Å². The van der Waals surface area contributed by atoms with Crippen LogP contribution >= 0.6 is 0 Å². The molecule has 0 aliphatic heterocycles. The lowest BCUT2D eigenvalue weighted by Crippen LogP contribution is -2.10. The second-order valence-corrected chi connectivity index (χ2v) is 6.10. The molecular formula is C24H20O6. The maximum absolute atomic E-state index is 12.3. The molecule has 30 heavy (non-hydrogen) atoms. The fourth-order valence-electron chi connectivity index (χ4n) is 2.48. The standard InChI is InChI=1S/C24H20O6/c1-3-16-28-20-8-4-17(5-9-20)23(25)29-21-10-6-18(7-11-21)24(26)30-22-14-12-19(27-2)13-15-22/h3-15H,1,16H2,2H3. The predicted octanol–water partition coefficient (Wildman–Crippen LogP) is 4.70. The summed E-state index contributed by atoms with van der Waals surface area (Å²) in [5.41, 5.74) is 0.707. The molecule has 0 fully saturated rings. The second-order valence-electron chi connectivity index (χ2n) is 6.10. The van der Waals surface area contributed by atoms with Gasteiger partial charge in [0.15, 0.2) is 0 Å². The van der Waals surface area contributed by atoms with E-state index in [2.05, 4.69) is 6.58 Å². The van der Waals surface area contributed by atoms with E-state index >= 15 is 0 Å². The van der Waals surface area contributed by atoms with E-state index in [0.29, 0.717) is 40.7 Å². The third-order valence-electron chi connectivity index (χ3n) is 4.03. The fourth-order valence-corrected chi connectivity index (χ4v) is 2.48. The van der Waals surface area contributed by atoms with Crippen LogP contribution in [0.2, 0.25) is 0 Å². The van der Waals surface area contributed by atoms with Gasteiger partial charge in [0.05, 0.1) is 18.2 Å². The van der Waals surface area contributed by atoms with Crippen LogP contribution < -0.4 is 18.9 Å². The highest BCUT2D eigenvalue weighted by Crippen LogP contribution is 2.20. The van der Waals surface area contributed by atoms with Crippen molar-refractivity contribution in [3.63, 3.8) is 0 Å². The van der Waals surface area contributed by atoms with Gasteiger partial charge in [0.25, 0.3) is 0 Å². The zero-order chi connectivity index (χ0) is 21.3. The Morgan fingerprint density at radius 2 is 1.10 bits per heavy atom.